The number of rotatable bonds is 4. The van der Waals surface area contributed by atoms with Gasteiger partial charge in [0, 0.05) is 6.07 Å². The lowest BCUT2D eigenvalue weighted by atomic mass is 10.2. The Balaban J connectivity index is 2.04. The van der Waals surface area contributed by atoms with E-state index in [9.17, 15) is 4.55 Å². The second-order valence-electron chi connectivity index (χ2n) is 5.00. The van der Waals surface area contributed by atoms with E-state index in [-0.39, 0.29) is 0 Å². The van der Waals surface area contributed by atoms with Gasteiger partial charge in [-0.1, -0.05) is 17.7 Å². The Morgan fingerprint density at radius 2 is 1.95 bits per heavy atom. The molecule has 22 heavy (non-hydrogen) atoms. The number of hydrogen-bond donors (Lipinski definition) is 1. The molecule has 2 aromatic carbocycles. The third-order valence-corrected chi connectivity index (χ3v) is 4.93. The average Bonchev–Trinajstić information content (AvgIpc) is 3.08. The summed E-state index contributed by atoms with van der Waals surface area (Å²) in [7, 11) is 1.61. The van der Waals surface area contributed by atoms with Crippen molar-refractivity contribution in [3.05, 3.63) is 53.6 Å². The first-order chi connectivity index (χ1) is 10.7. The summed E-state index contributed by atoms with van der Waals surface area (Å²) in [5, 5.41) is 0. The quantitative estimate of drug-likeness (QED) is 0.881. The van der Waals surface area contributed by atoms with Crippen LogP contribution in [0.5, 0.6) is 5.75 Å². The van der Waals surface area contributed by atoms with Crippen LogP contribution in [0.2, 0.25) is 0 Å². The smallest absolute Gasteiger partial charge is 0.221 e. The molecular formula is C17H18NO3S+. The lowest BCUT2D eigenvalue weighted by Gasteiger charge is -2.08. The predicted octanol–water partition coefficient (Wildman–Crippen LogP) is 3.29. The Labute approximate surface area is 133 Å². The summed E-state index contributed by atoms with van der Waals surface area (Å²) in [6, 6.07) is 13.5. The number of hydrogen-bond acceptors (Lipinski definition) is 4. The highest BCUT2D eigenvalue weighted by Gasteiger charge is 2.31. The molecule has 0 bridgehead atoms. The van der Waals surface area contributed by atoms with Crippen LogP contribution in [0.4, 0.5) is 0 Å². The highest BCUT2D eigenvalue weighted by Crippen LogP contribution is 2.29. The van der Waals surface area contributed by atoms with Crippen molar-refractivity contribution >= 4 is 17.1 Å². The van der Waals surface area contributed by atoms with Crippen molar-refractivity contribution in [3.8, 4) is 5.75 Å². The lowest BCUT2D eigenvalue weighted by Crippen LogP contribution is -2.11. The molecule has 4 nitrogen and oxygen atoms in total. The van der Waals surface area contributed by atoms with E-state index in [2.05, 4.69) is 4.99 Å². The Morgan fingerprint density at radius 3 is 2.59 bits per heavy atom. The van der Waals surface area contributed by atoms with Crippen LogP contribution >= 0.6 is 0 Å². The second-order valence-corrected chi connectivity index (χ2v) is 6.48. The lowest BCUT2D eigenvalue weighted by molar-refractivity contribution is 0.347. The van der Waals surface area contributed by atoms with Gasteiger partial charge in [0.05, 0.1) is 19.2 Å². The molecule has 1 atom stereocenters. The molecule has 3 rings (SSSR count). The molecule has 1 unspecified atom stereocenters. The zero-order chi connectivity index (χ0) is 15.5. The van der Waals surface area contributed by atoms with Crippen molar-refractivity contribution in [2.45, 2.75) is 16.7 Å². The van der Waals surface area contributed by atoms with Crippen LogP contribution in [0.3, 0.4) is 0 Å². The molecule has 1 heterocycles. The molecule has 5 heteroatoms. The van der Waals surface area contributed by atoms with Gasteiger partial charge in [-0.25, -0.2) is 4.99 Å². The minimum Gasteiger partial charge on any atom is -0.497 e. The molecule has 1 N–H and O–H groups in total. The zero-order valence-electron chi connectivity index (χ0n) is 12.6. The van der Waals surface area contributed by atoms with Crippen molar-refractivity contribution in [1.29, 1.82) is 0 Å². The molecule has 2 aromatic rings. The number of aryl methyl sites for hydroxylation is 1. The Kier molecular flexibility index (Phi) is 4.36. The van der Waals surface area contributed by atoms with Gasteiger partial charge in [-0.2, -0.15) is 4.55 Å². The predicted molar refractivity (Wildman–Crippen MR) is 88.1 cm³/mol. The van der Waals surface area contributed by atoms with Crippen LogP contribution in [-0.2, 0) is 15.9 Å². The zero-order valence-corrected chi connectivity index (χ0v) is 13.4. The molecule has 0 amide bonds. The summed E-state index contributed by atoms with van der Waals surface area (Å²) in [6.45, 7) is 3.27. The number of ether oxygens (including phenoxy) is 2. The van der Waals surface area contributed by atoms with Crippen LogP contribution in [-0.4, -0.2) is 30.7 Å². The van der Waals surface area contributed by atoms with E-state index in [1.165, 1.54) is 0 Å². The average molecular weight is 316 g/mol. The van der Waals surface area contributed by atoms with E-state index < -0.39 is 11.2 Å². The summed E-state index contributed by atoms with van der Waals surface area (Å²) in [5.41, 5.74) is 1.99. The van der Waals surface area contributed by atoms with Crippen molar-refractivity contribution in [2.24, 2.45) is 4.99 Å². The fourth-order valence-corrected chi connectivity index (χ4v) is 3.50. The molecule has 1 aliphatic rings. The van der Waals surface area contributed by atoms with Gasteiger partial charge in [-0.05, 0) is 31.2 Å². The maximum atomic E-state index is 10.8. The first-order valence-corrected chi connectivity index (χ1v) is 8.23. The maximum Gasteiger partial charge on any atom is 0.221 e. The highest BCUT2D eigenvalue weighted by atomic mass is 32.2. The first-order valence-electron chi connectivity index (χ1n) is 7.05. The largest absolute Gasteiger partial charge is 0.497 e. The van der Waals surface area contributed by atoms with Crippen LogP contribution in [0.25, 0.3) is 0 Å². The van der Waals surface area contributed by atoms with Gasteiger partial charge in [-0.15, -0.1) is 0 Å². The molecule has 0 saturated carbocycles. The normalized spacial score (nSPS) is 15.1. The summed E-state index contributed by atoms with van der Waals surface area (Å²) >= 11 is -1.07. The highest BCUT2D eigenvalue weighted by molar-refractivity contribution is 7.91. The minimum atomic E-state index is -1.07. The SMILES string of the molecule is COc1ccc(C2=NCCO2)c([S+](O)c2ccc(C)cc2)c1. The molecule has 0 saturated heterocycles. The van der Waals surface area contributed by atoms with Crippen LogP contribution in [0.1, 0.15) is 11.1 Å². The van der Waals surface area contributed by atoms with Gasteiger partial charge in [0.1, 0.15) is 12.4 Å². The van der Waals surface area contributed by atoms with Crippen LogP contribution < -0.4 is 4.74 Å². The van der Waals surface area contributed by atoms with Crippen molar-refractivity contribution in [1.82, 2.24) is 0 Å². The summed E-state index contributed by atoms with van der Waals surface area (Å²) in [5.74, 6) is 1.30. The number of nitrogens with zero attached hydrogens (tertiary/aromatic N) is 1. The standard InChI is InChI=1S/C17H18NO3S/c1-12-3-6-14(7-4-12)22(19)16-11-13(20-2)5-8-15(16)17-18-9-10-21-17/h3-8,11,19H,9-10H2,1-2H3/q+1. The third-order valence-electron chi connectivity index (χ3n) is 3.46. The van der Waals surface area contributed by atoms with Crippen molar-refractivity contribution < 1.29 is 14.0 Å². The van der Waals surface area contributed by atoms with Gasteiger partial charge in [-0.3, -0.25) is 0 Å². The molecule has 0 fully saturated rings. The summed E-state index contributed by atoms with van der Waals surface area (Å²) in [4.78, 5) is 5.99. The van der Waals surface area contributed by atoms with E-state index >= 15 is 0 Å². The van der Waals surface area contributed by atoms with E-state index in [4.69, 9.17) is 9.47 Å². The Morgan fingerprint density at radius 1 is 1.18 bits per heavy atom. The number of methoxy groups -OCH3 is 1. The molecule has 0 aromatic heterocycles. The minimum absolute atomic E-state index is 0.588. The van der Waals surface area contributed by atoms with Crippen LogP contribution in [0.15, 0.2) is 57.2 Å². The fraction of sp³-hybridized carbons (Fsp3) is 0.235. The van der Waals surface area contributed by atoms with Gasteiger partial charge >= 0.3 is 0 Å². The number of benzene rings is 2. The van der Waals surface area contributed by atoms with E-state index in [1.54, 1.807) is 7.11 Å². The monoisotopic (exact) mass is 316 g/mol. The first kappa shape index (κ1) is 14.9. The molecule has 1 aliphatic heterocycles. The topological polar surface area (TPSA) is 51.0 Å². The second kappa shape index (κ2) is 6.42. The van der Waals surface area contributed by atoms with E-state index in [0.717, 1.165) is 20.9 Å². The van der Waals surface area contributed by atoms with Gasteiger partial charge < -0.3 is 9.47 Å². The maximum absolute atomic E-state index is 10.8. The van der Waals surface area contributed by atoms with E-state index in [0.29, 0.717) is 24.8 Å². The molecular weight excluding hydrogens is 298 g/mol. The van der Waals surface area contributed by atoms with Crippen molar-refractivity contribution in [3.63, 3.8) is 0 Å². The number of aliphatic imine (C=N–C) groups is 1. The summed E-state index contributed by atoms with van der Waals surface area (Å²) < 4.78 is 21.7. The van der Waals surface area contributed by atoms with Crippen molar-refractivity contribution in [2.75, 3.05) is 20.3 Å². The molecule has 0 radical (unpaired) electrons. The summed E-state index contributed by atoms with van der Waals surface area (Å²) in [6.07, 6.45) is 0. The third kappa shape index (κ3) is 2.96. The molecule has 0 spiro atoms. The van der Waals surface area contributed by atoms with Gasteiger partial charge in [0.25, 0.3) is 0 Å². The Bertz CT molecular complexity index is 698. The van der Waals surface area contributed by atoms with Gasteiger partial charge in [0.2, 0.25) is 22.0 Å². The fourth-order valence-electron chi connectivity index (χ4n) is 2.26. The molecule has 0 aliphatic carbocycles. The van der Waals surface area contributed by atoms with E-state index in [1.807, 2.05) is 49.4 Å². The van der Waals surface area contributed by atoms with Gasteiger partial charge in [0.15, 0.2) is 4.90 Å². The van der Waals surface area contributed by atoms with Crippen LogP contribution in [0, 0.1) is 6.92 Å². The Hall–Kier alpha value is -1.98. The molecule has 114 valence electrons.